The topological polar surface area (TPSA) is 55.2 Å². The van der Waals surface area contributed by atoms with Crippen LogP contribution in [0.1, 0.15) is 30.5 Å². The Labute approximate surface area is 132 Å². The molecule has 21 heavy (non-hydrogen) atoms. The summed E-state index contributed by atoms with van der Waals surface area (Å²) >= 11 is 3.42. The van der Waals surface area contributed by atoms with Gasteiger partial charge in [0.05, 0.1) is 4.92 Å². The SMILES string of the molecule is CCC(NCc1ccccc1[N+](=O)[O-])c1ccc(Br)cc1. The molecule has 0 aliphatic heterocycles. The minimum Gasteiger partial charge on any atom is -0.306 e. The molecular weight excluding hydrogens is 332 g/mol. The van der Waals surface area contributed by atoms with E-state index in [0.29, 0.717) is 12.1 Å². The van der Waals surface area contributed by atoms with Gasteiger partial charge >= 0.3 is 0 Å². The molecule has 0 radical (unpaired) electrons. The summed E-state index contributed by atoms with van der Waals surface area (Å²) in [5, 5.41) is 14.4. The lowest BCUT2D eigenvalue weighted by Crippen LogP contribution is -2.20. The molecular formula is C16H17BrN2O2. The molecule has 2 aromatic carbocycles. The number of nitro benzene ring substituents is 1. The highest BCUT2D eigenvalue weighted by Crippen LogP contribution is 2.22. The fraction of sp³-hybridized carbons (Fsp3) is 0.250. The number of hydrogen-bond acceptors (Lipinski definition) is 3. The zero-order valence-corrected chi connectivity index (χ0v) is 13.3. The van der Waals surface area contributed by atoms with Gasteiger partial charge in [-0.25, -0.2) is 0 Å². The van der Waals surface area contributed by atoms with Gasteiger partial charge < -0.3 is 5.32 Å². The van der Waals surface area contributed by atoms with Crippen molar-refractivity contribution in [3.8, 4) is 0 Å². The smallest absolute Gasteiger partial charge is 0.273 e. The Morgan fingerprint density at radius 1 is 1.19 bits per heavy atom. The van der Waals surface area contributed by atoms with Gasteiger partial charge in [0.25, 0.3) is 5.69 Å². The second kappa shape index (κ2) is 7.33. The summed E-state index contributed by atoms with van der Waals surface area (Å²) < 4.78 is 1.04. The molecule has 4 nitrogen and oxygen atoms in total. The molecule has 0 aromatic heterocycles. The molecule has 1 atom stereocenters. The van der Waals surface area contributed by atoms with Crippen LogP contribution in [0.25, 0.3) is 0 Å². The van der Waals surface area contributed by atoms with Crippen LogP contribution in [0.3, 0.4) is 0 Å². The first kappa shape index (κ1) is 15.7. The molecule has 1 unspecified atom stereocenters. The zero-order chi connectivity index (χ0) is 15.2. The van der Waals surface area contributed by atoms with Crippen LogP contribution >= 0.6 is 15.9 Å². The third kappa shape index (κ3) is 4.12. The lowest BCUT2D eigenvalue weighted by atomic mass is 10.0. The van der Waals surface area contributed by atoms with Crippen LogP contribution in [0.2, 0.25) is 0 Å². The molecule has 2 aromatic rings. The Kier molecular flexibility index (Phi) is 5.47. The van der Waals surface area contributed by atoms with Gasteiger partial charge in [-0.2, -0.15) is 0 Å². The van der Waals surface area contributed by atoms with Crippen molar-refractivity contribution >= 4 is 21.6 Å². The maximum Gasteiger partial charge on any atom is 0.273 e. The van der Waals surface area contributed by atoms with E-state index in [2.05, 4.69) is 40.3 Å². The highest BCUT2D eigenvalue weighted by molar-refractivity contribution is 9.10. The number of nitrogens with zero attached hydrogens (tertiary/aromatic N) is 1. The molecule has 0 spiro atoms. The summed E-state index contributed by atoms with van der Waals surface area (Å²) in [4.78, 5) is 10.7. The first-order valence-corrected chi connectivity index (χ1v) is 7.62. The van der Waals surface area contributed by atoms with E-state index in [9.17, 15) is 10.1 Å². The van der Waals surface area contributed by atoms with Crippen molar-refractivity contribution in [2.45, 2.75) is 25.9 Å². The van der Waals surface area contributed by atoms with Crippen molar-refractivity contribution in [3.05, 3.63) is 74.2 Å². The Balaban J connectivity index is 2.10. The molecule has 0 aliphatic rings. The molecule has 1 N–H and O–H groups in total. The Morgan fingerprint density at radius 2 is 1.86 bits per heavy atom. The lowest BCUT2D eigenvalue weighted by Gasteiger charge is -2.17. The lowest BCUT2D eigenvalue weighted by molar-refractivity contribution is -0.385. The van der Waals surface area contributed by atoms with Crippen LogP contribution in [0, 0.1) is 10.1 Å². The van der Waals surface area contributed by atoms with Gasteiger partial charge in [-0.05, 0) is 24.1 Å². The maximum absolute atomic E-state index is 11.0. The first-order valence-electron chi connectivity index (χ1n) is 6.83. The van der Waals surface area contributed by atoms with Crippen LogP contribution in [-0.2, 0) is 6.54 Å². The van der Waals surface area contributed by atoms with E-state index >= 15 is 0 Å². The van der Waals surface area contributed by atoms with Crippen molar-refractivity contribution in [2.75, 3.05) is 0 Å². The van der Waals surface area contributed by atoms with E-state index in [1.54, 1.807) is 12.1 Å². The molecule has 0 amide bonds. The van der Waals surface area contributed by atoms with Gasteiger partial charge in [0.2, 0.25) is 0 Å². The van der Waals surface area contributed by atoms with Crippen LogP contribution in [0.4, 0.5) is 5.69 Å². The van der Waals surface area contributed by atoms with E-state index in [1.165, 1.54) is 11.6 Å². The Bertz CT molecular complexity index is 614. The summed E-state index contributed by atoms with van der Waals surface area (Å²) in [6, 6.07) is 15.2. The average molecular weight is 349 g/mol. The Morgan fingerprint density at radius 3 is 2.48 bits per heavy atom. The molecule has 2 rings (SSSR count). The van der Waals surface area contributed by atoms with Crippen LogP contribution in [0.15, 0.2) is 53.0 Å². The molecule has 0 fully saturated rings. The number of rotatable bonds is 6. The average Bonchev–Trinajstić information content (AvgIpc) is 2.50. The summed E-state index contributed by atoms with van der Waals surface area (Å²) in [5.74, 6) is 0. The molecule has 0 heterocycles. The van der Waals surface area contributed by atoms with Crippen LogP contribution in [-0.4, -0.2) is 4.92 Å². The molecule has 0 saturated heterocycles. The number of benzene rings is 2. The quantitative estimate of drug-likeness (QED) is 0.613. The van der Waals surface area contributed by atoms with Gasteiger partial charge in [-0.1, -0.05) is 53.2 Å². The fourth-order valence-electron chi connectivity index (χ4n) is 2.26. The number of hydrogen-bond donors (Lipinski definition) is 1. The van der Waals surface area contributed by atoms with Crippen molar-refractivity contribution in [1.82, 2.24) is 5.32 Å². The number of para-hydroxylation sites is 1. The second-order valence-corrected chi connectivity index (χ2v) is 5.69. The molecule has 110 valence electrons. The normalized spacial score (nSPS) is 12.1. The molecule has 0 aliphatic carbocycles. The molecule has 0 bridgehead atoms. The van der Waals surface area contributed by atoms with E-state index in [1.807, 2.05) is 18.2 Å². The highest BCUT2D eigenvalue weighted by atomic mass is 79.9. The van der Waals surface area contributed by atoms with Crippen molar-refractivity contribution in [2.24, 2.45) is 0 Å². The standard InChI is InChI=1S/C16H17BrN2O2/c1-2-15(12-7-9-14(17)10-8-12)18-11-13-5-3-4-6-16(13)19(20)21/h3-10,15,18H,2,11H2,1H3. The molecule has 0 saturated carbocycles. The summed E-state index contributed by atoms with van der Waals surface area (Å²) in [5.41, 5.74) is 2.05. The zero-order valence-electron chi connectivity index (χ0n) is 11.8. The summed E-state index contributed by atoms with van der Waals surface area (Å²) in [7, 11) is 0. The van der Waals surface area contributed by atoms with Gasteiger partial charge in [-0.3, -0.25) is 10.1 Å². The van der Waals surface area contributed by atoms with E-state index < -0.39 is 0 Å². The minimum atomic E-state index is -0.336. The predicted octanol–water partition coefficient (Wildman–Crippen LogP) is 4.60. The number of halogens is 1. The monoisotopic (exact) mass is 348 g/mol. The maximum atomic E-state index is 11.0. The van der Waals surface area contributed by atoms with Gasteiger partial charge in [0, 0.05) is 28.7 Å². The number of nitro groups is 1. The van der Waals surface area contributed by atoms with Gasteiger partial charge in [0.1, 0.15) is 0 Å². The molecule has 5 heteroatoms. The number of nitrogens with one attached hydrogen (secondary N) is 1. The minimum absolute atomic E-state index is 0.163. The largest absolute Gasteiger partial charge is 0.306 e. The van der Waals surface area contributed by atoms with E-state index in [0.717, 1.165) is 10.9 Å². The van der Waals surface area contributed by atoms with Crippen molar-refractivity contribution in [3.63, 3.8) is 0 Å². The van der Waals surface area contributed by atoms with Crippen molar-refractivity contribution < 1.29 is 4.92 Å². The third-order valence-electron chi connectivity index (χ3n) is 3.41. The summed E-state index contributed by atoms with van der Waals surface area (Å²) in [6.07, 6.45) is 0.919. The fourth-order valence-corrected chi connectivity index (χ4v) is 2.53. The second-order valence-electron chi connectivity index (χ2n) is 4.78. The third-order valence-corrected chi connectivity index (χ3v) is 3.94. The first-order chi connectivity index (χ1) is 10.1. The van der Waals surface area contributed by atoms with Gasteiger partial charge in [0.15, 0.2) is 0 Å². The van der Waals surface area contributed by atoms with Crippen LogP contribution in [0.5, 0.6) is 0 Å². The van der Waals surface area contributed by atoms with Crippen LogP contribution < -0.4 is 5.32 Å². The van der Waals surface area contributed by atoms with Crippen molar-refractivity contribution in [1.29, 1.82) is 0 Å². The summed E-state index contributed by atoms with van der Waals surface area (Å²) in [6.45, 7) is 2.57. The van der Waals surface area contributed by atoms with Gasteiger partial charge in [-0.15, -0.1) is 0 Å². The predicted molar refractivity (Wildman–Crippen MR) is 87.1 cm³/mol. The van der Waals surface area contributed by atoms with E-state index in [-0.39, 0.29) is 16.7 Å². The Hall–Kier alpha value is -1.72. The van der Waals surface area contributed by atoms with E-state index in [4.69, 9.17) is 0 Å². The highest BCUT2D eigenvalue weighted by Gasteiger charge is 2.14.